The van der Waals surface area contributed by atoms with Crippen LogP contribution in [0.15, 0.2) is 0 Å². The Kier molecular flexibility index (Phi) is 18.7. The molecule has 4 nitrogen and oxygen atoms in total. The average Bonchev–Trinajstić information content (AvgIpc) is 2.69. The highest BCUT2D eigenvalue weighted by Gasteiger charge is 2.26. The normalized spacial score (nSPS) is 13.6. The number of hydrogen-bond acceptors (Lipinski definition) is 8. The van der Waals surface area contributed by atoms with Crippen LogP contribution >= 0.6 is 41.2 Å². The fourth-order valence-electron chi connectivity index (χ4n) is 2.72. The van der Waals surface area contributed by atoms with Crippen molar-refractivity contribution in [1.82, 2.24) is 0 Å². The van der Waals surface area contributed by atoms with Crippen LogP contribution < -0.4 is 0 Å². The molecule has 0 aliphatic carbocycles. The highest BCUT2D eigenvalue weighted by atomic mass is 33.7. The summed E-state index contributed by atoms with van der Waals surface area (Å²) < 4.78 is 22.3. The lowest BCUT2D eigenvalue weighted by molar-refractivity contribution is -0.149. The van der Waals surface area contributed by atoms with E-state index in [9.17, 15) is 0 Å². The Balaban J connectivity index is 3.50. The quantitative estimate of drug-likeness (QED) is 0.117. The highest BCUT2D eigenvalue weighted by Crippen LogP contribution is 2.43. The zero-order valence-electron chi connectivity index (χ0n) is 17.3. The van der Waals surface area contributed by atoms with Gasteiger partial charge in [-0.05, 0) is 58.2 Å². The predicted molar refractivity (Wildman–Crippen MR) is 130 cm³/mol. The molecule has 26 heavy (non-hydrogen) atoms. The van der Waals surface area contributed by atoms with Gasteiger partial charge in [-0.15, -0.1) is 0 Å². The van der Waals surface area contributed by atoms with E-state index in [0.717, 1.165) is 12.8 Å². The smallest absolute Gasteiger partial charge is 0.144 e. The van der Waals surface area contributed by atoms with Crippen molar-refractivity contribution in [2.24, 2.45) is 0 Å². The Labute approximate surface area is 181 Å². The van der Waals surface area contributed by atoms with E-state index in [1.54, 1.807) is 28.4 Å². The van der Waals surface area contributed by atoms with Crippen molar-refractivity contribution in [3.63, 3.8) is 0 Å². The molecule has 0 spiro atoms. The minimum Gasteiger partial charge on any atom is -0.358 e. The predicted octanol–water partition coefficient (Wildman–Crippen LogP) is 4.33. The van der Waals surface area contributed by atoms with Gasteiger partial charge in [0.15, 0.2) is 0 Å². The monoisotopic (exact) mass is 478 g/mol. The number of ether oxygens (including phenoxy) is 4. The second-order valence-corrected chi connectivity index (χ2v) is 15.8. The molecule has 0 radical (unpaired) electrons. The molecule has 0 unspecified atom stereocenters. The average molecular weight is 479 g/mol. The minimum atomic E-state index is -0.329. The van der Waals surface area contributed by atoms with Gasteiger partial charge in [-0.2, -0.15) is 0 Å². The molecule has 0 fully saturated rings. The zero-order valence-corrected chi connectivity index (χ0v) is 23.4. The van der Waals surface area contributed by atoms with Crippen molar-refractivity contribution in [2.45, 2.75) is 62.4 Å². The first kappa shape index (κ1) is 27.7. The second kappa shape index (κ2) is 17.5. The SMILES string of the molecule is COC(CCCCSSSSCCCCC(OC)(OC)[SiH2]C)(OC)[SiH2]C. The molecular formula is C16H38O4S4Si2. The Morgan fingerprint density at radius 1 is 0.615 bits per heavy atom. The molecule has 0 amide bonds. The lowest BCUT2D eigenvalue weighted by Gasteiger charge is -2.29. The number of rotatable bonds is 19. The summed E-state index contributed by atoms with van der Waals surface area (Å²) in [5.74, 6) is 2.39. The van der Waals surface area contributed by atoms with E-state index in [1.165, 1.54) is 37.2 Å². The van der Waals surface area contributed by atoms with Gasteiger partial charge in [0.25, 0.3) is 0 Å². The van der Waals surface area contributed by atoms with Crippen molar-refractivity contribution in [1.29, 1.82) is 0 Å². The van der Waals surface area contributed by atoms with E-state index >= 15 is 0 Å². The molecule has 10 heteroatoms. The van der Waals surface area contributed by atoms with E-state index in [2.05, 4.69) is 13.1 Å². The topological polar surface area (TPSA) is 36.9 Å². The minimum absolute atomic E-state index is 0.244. The summed E-state index contributed by atoms with van der Waals surface area (Å²) in [6.45, 7) is 4.50. The van der Waals surface area contributed by atoms with Gasteiger partial charge >= 0.3 is 0 Å². The molecule has 0 heterocycles. The fraction of sp³-hybridized carbons (Fsp3) is 1.00. The number of hydrogen-bond donors (Lipinski definition) is 0. The van der Waals surface area contributed by atoms with Crippen molar-refractivity contribution in [3.05, 3.63) is 0 Å². The fourth-order valence-corrected chi connectivity index (χ4v) is 11.3. The summed E-state index contributed by atoms with van der Waals surface area (Å²) in [5.41, 5.74) is -0.488. The maximum absolute atomic E-state index is 5.58. The van der Waals surface area contributed by atoms with E-state index in [4.69, 9.17) is 18.9 Å². The van der Waals surface area contributed by atoms with Crippen LogP contribution in [0.1, 0.15) is 38.5 Å². The first-order valence-corrected chi connectivity index (χ1v) is 18.8. The maximum Gasteiger partial charge on any atom is 0.144 e. The van der Waals surface area contributed by atoms with Crippen LogP contribution in [0, 0.1) is 0 Å². The third-order valence-corrected chi connectivity index (χ3v) is 15.4. The van der Waals surface area contributed by atoms with Crippen LogP contribution in [0.2, 0.25) is 13.1 Å². The van der Waals surface area contributed by atoms with Crippen LogP contribution in [-0.4, -0.2) is 69.8 Å². The molecule has 0 aliphatic heterocycles. The van der Waals surface area contributed by atoms with Gasteiger partial charge in [0, 0.05) is 39.9 Å². The number of methoxy groups -OCH3 is 4. The van der Waals surface area contributed by atoms with Gasteiger partial charge in [-0.25, -0.2) is 0 Å². The Morgan fingerprint density at radius 3 is 1.23 bits per heavy atom. The van der Waals surface area contributed by atoms with Crippen molar-refractivity contribution in [2.75, 3.05) is 39.9 Å². The first-order chi connectivity index (χ1) is 12.6. The third-order valence-electron chi connectivity index (χ3n) is 4.76. The summed E-state index contributed by atoms with van der Waals surface area (Å²) >= 11 is 0. The molecule has 158 valence electrons. The highest BCUT2D eigenvalue weighted by molar-refractivity contribution is 9.26. The van der Waals surface area contributed by atoms with E-state index in [0.29, 0.717) is 0 Å². The standard InChI is InChI=1S/C16H38O4S4Si2/c1-17-15(18-2,25-5)11-7-9-13-21-23-24-22-14-10-8-12-16(19-3,20-4)26-6/h7-14,25-26H2,1-6H3. The van der Waals surface area contributed by atoms with Crippen LogP contribution in [-0.2, 0) is 18.9 Å². The van der Waals surface area contributed by atoms with E-state index in [1.807, 2.05) is 41.2 Å². The maximum atomic E-state index is 5.58. The van der Waals surface area contributed by atoms with Gasteiger partial charge in [0.05, 0.1) is 19.0 Å². The Hall–Kier alpha value is 1.67. The van der Waals surface area contributed by atoms with Crippen LogP contribution in [0.25, 0.3) is 0 Å². The van der Waals surface area contributed by atoms with Gasteiger partial charge in [0.2, 0.25) is 0 Å². The molecule has 0 rings (SSSR count). The molecule has 0 aromatic carbocycles. The van der Waals surface area contributed by atoms with E-state index in [-0.39, 0.29) is 29.9 Å². The molecule has 0 saturated carbocycles. The summed E-state index contributed by atoms with van der Waals surface area (Å²) in [6.07, 6.45) is 6.86. The largest absolute Gasteiger partial charge is 0.358 e. The van der Waals surface area contributed by atoms with Crippen LogP contribution in [0.3, 0.4) is 0 Å². The lowest BCUT2D eigenvalue weighted by atomic mass is 10.2. The van der Waals surface area contributed by atoms with Gasteiger partial charge in [-0.3, -0.25) is 0 Å². The summed E-state index contributed by atoms with van der Waals surface area (Å²) in [5, 5.41) is 0. The lowest BCUT2D eigenvalue weighted by Crippen LogP contribution is -2.39. The van der Waals surface area contributed by atoms with Crippen molar-refractivity contribution >= 4 is 60.3 Å². The Morgan fingerprint density at radius 2 is 0.962 bits per heavy atom. The molecule has 0 bridgehead atoms. The molecule has 0 saturated heterocycles. The van der Waals surface area contributed by atoms with Gasteiger partial charge < -0.3 is 18.9 Å². The van der Waals surface area contributed by atoms with Crippen molar-refractivity contribution in [3.8, 4) is 0 Å². The van der Waals surface area contributed by atoms with Gasteiger partial charge in [-0.1, -0.05) is 34.7 Å². The zero-order chi connectivity index (χ0) is 19.7. The third kappa shape index (κ3) is 11.6. The van der Waals surface area contributed by atoms with Crippen molar-refractivity contribution < 1.29 is 18.9 Å². The van der Waals surface area contributed by atoms with E-state index < -0.39 is 0 Å². The number of unbranched alkanes of at least 4 members (excludes halogenated alkanes) is 2. The molecule has 0 N–H and O–H groups in total. The molecule has 0 aromatic heterocycles. The Bertz CT molecular complexity index is 276. The summed E-state index contributed by atoms with van der Waals surface area (Å²) in [7, 11) is 14.2. The molecule has 0 atom stereocenters. The van der Waals surface area contributed by atoms with Crippen LogP contribution in [0.4, 0.5) is 0 Å². The molecular weight excluding hydrogens is 441 g/mol. The van der Waals surface area contributed by atoms with Crippen LogP contribution in [0.5, 0.6) is 0 Å². The summed E-state index contributed by atoms with van der Waals surface area (Å²) in [4.78, 5) is 0. The second-order valence-electron chi connectivity index (χ2n) is 6.04. The summed E-state index contributed by atoms with van der Waals surface area (Å²) in [6, 6.07) is 0. The first-order valence-electron chi connectivity index (χ1n) is 9.36. The van der Waals surface area contributed by atoms with Gasteiger partial charge in [0.1, 0.15) is 10.8 Å². The molecule has 0 aromatic rings. The molecule has 0 aliphatic rings.